The van der Waals surface area contributed by atoms with Gasteiger partial charge in [-0.3, -0.25) is 9.78 Å². The lowest BCUT2D eigenvalue weighted by molar-refractivity contribution is 0.0893. The molecular formula is C16H18N2O2. The number of benzene rings is 1. The molecule has 3 rings (SSSR count). The van der Waals surface area contributed by atoms with Crippen LogP contribution in [0, 0.1) is 5.92 Å². The highest BCUT2D eigenvalue weighted by Crippen LogP contribution is 2.24. The number of carbonyl (C=O) groups is 1. The number of nitrogens with one attached hydrogen (secondary N) is 1. The first-order valence-electron chi connectivity index (χ1n) is 6.99. The van der Waals surface area contributed by atoms with Gasteiger partial charge in [-0.2, -0.15) is 0 Å². The highest BCUT2D eigenvalue weighted by molar-refractivity contribution is 6.09. The van der Waals surface area contributed by atoms with Crippen molar-refractivity contribution in [1.29, 1.82) is 0 Å². The monoisotopic (exact) mass is 270 g/mol. The third kappa shape index (κ3) is 2.32. The van der Waals surface area contributed by atoms with E-state index in [1.807, 2.05) is 31.2 Å². The van der Waals surface area contributed by atoms with Crippen LogP contribution in [-0.4, -0.2) is 36.6 Å². The van der Waals surface area contributed by atoms with Crippen LogP contribution in [0.2, 0.25) is 0 Å². The summed E-state index contributed by atoms with van der Waals surface area (Å²) in [7, 11) is 0. The number of hydrogen-bond acceptors (Lipinski definition) is 4. The van der Waals surface area contributed by atoms with Gasteiger partial charge in [-0.15, -0.1) is 0 Å². The lowest BCUT2D eigenvalue weighted by Crippen LogP contribution is -2.39. The molecular weight excluding hydrogens is 252 g/mol. The number of fused-ring (bicyclic) bond motifs is 1. The zero-order valence-electron chi connectivity index (χ0n) is 11.5. The molecule has 0 bridgehead atoms. The molecule has 2 atom stereocenters. The molecule has 2 aromatic rings. The van der Waals surface area contributed by atoms with E-state index in [2.05, 4.69) is 10.3 Å². The minimum atomic E-state index is -0.110. The van der Waals surface area contributed by atoms with Crippen LogP contribution in [0.25, 0.3) is 10.8 Å². The van der Waals surface area contributed by atoms with Crippen molar-refractivity contribution >= 4 is 16.6 Å². The molecule has 1 aromatic carbocycles. The summed E-state index contributed by atoms with van der Waals surface area (Å²) in [4.78, 5) is 16.9. The van der Waals surface area contributed by atoms with Crippen LogP contribution in [0.4, 0.5) is 0 Å². The molecule has 1 N–H and O–H groups in total. The van der Waals surface area contributed by atoms with Crippen LogP contribution < -0.4 is 5.32 Å². The van der Waals surface area contributed by atoms with Gasteiger partial charge in [0.2, 0.25) is 0 Å². The van der Waals surface area contributed by atoms with Crippen molar-refractivity contribution in [3.63, 3.8) is 0 Å². The van der Waals surface area contributed by atoms with Crippen LogP contribution in [0.5, 0.6) is 0 Å². The minimum absolute atomic E-state index is 0.110. The molecule has 0 spiro atoms. The van der Waals surface area contributed by atoms with E-state index in [0.29, 0.717) is 13.2 Å². The van der Waals surface area contributed by atoms with Gasteiger partial charge in [0.25, 0.3) is 0 Å². The Labute approximate surface area is 118 Å². The van der Waals surface area contributed by atoms with E-state index in [-0.39, 0.29) is 17.7 Å². The maximum absolute atomic E-state index is 12.8. The number of ketones is 1. The fourth-order valence-corrected chi connectivity index (χ4v) is 2.80. The van der Waals surface area contributed by atoms with Gasteiger partial charge in [-0.25, -0.2) is 0 Å². The van der Waals surface area contributed by atoms with Gasteiger partial charge in [0.15, 0.2) is 5.78 Å². The van der Waals surface area contributed by atoms with E-state index < -0.39 is 0 Å². The average Bonchev–Trinajstić information content (AvgIpc) is 2.94. The number of likely N-dealkylation sites (N-methyl/N-ethyl adjacent to an activating group) is 1. The van der Waals surface area contributed by atoms with Gasteiger partial charge in [-0.1, -0.05) is 25.1 Å². The van der Waals surface area contributed by atoms with E-state index in [4.69, 9.17) is 4.74 Å². The smallest absolute Gasteiger partial charge is 0.170 e. The number of Topliss-reactive ketones (excluding diaryl/α,β-unsaturated/α-hetero) is 1. The van der Waals surface area contributed by atoms with Crippen LogP contribution in [0.15, 0.2) is 36.7 Å². The van der Waals surface area contributed by atoms with Gasteiger partial charge >= 0.3 is 0 Å². The predicted molar refractivity (Wildman–Crippen MR) is 77.8 cm³/mol. The summed E-state index contributed by atoms with van der Waals surface area (Å²) in [5.41, 5.74) is 0.744. The molecule has 0 aliphatic carbocycles. The average molecular weight is 270 g/mol. The Balaban J connectivity index is 1.96. The van der Waals surface area contributed by atoms with E-state index in [1.54, 1.807) is 12.4 Å². The molecule has 1 aliphatic rings. The summed E-state index contributed by atoms with van der Waals surface area (Å²) in [5.74, 6) is 0.0350. The Bertz CT molecular complexity index is 621. The standard InChI is InChI=1S/C16H18N2O2/c1-2-18-15-10-20-9-14(15)16(19)12-5-3-4-11-6-7-17-8-13(11)12/h3-8,14-15,18H,2,9-10H2,1H3. The molecule has 1 saturated heterocycles. The first kappa shape index (κ1) is 13.2. The van der Waals surface area contributed by atoms with Crippen molar-refractivity contribution in [2.45, 2.75) is 13.0 Å². The minimum Gasteiger partial charge on any atom is -0.379 e. The van der Waals surface area contributed by atoms with E-state index >= 15 is 0 Å². The molecule has 2 heterocycles. The summed E-state index contributed by atoms with van der Waals surface area (Å²) in [5, 5.41) is 5.30. The van der Waals surface area contributed by atoms with Crippen LogP contribution in [-0.2, 0) is 4.74 Å². The molecule has 4 heteroatoms. The summed E-state index contributed by atoms with van der Waals surface area (Å²) >= 11 is 0. The van der Waals surface area contributed by atoms with Gasteiger partial charge in [0.05, 0.1) is 19.1 Å². The Morgan fingerprint density at radius 2 is 2.30 bits per heavy atom. The molecule has 4 nitrogen and oxygen atoms in total. The second-order valence-electron chi connectivity index (χ2n) is 5.07. The molecule has 20 heavy (non-hydrogen) atoms. The number of rotatable bonds is 4. The fraction of sp³-hybridized carbons (Fsp3) is 0.375. The van der Waals surface area contributed by atoms with Crippen molar-refractivity contribution in [2.75, 3.05) is 19.8 Å². The molecule has 1 aliphatic heterocycles. The number of carbonyl (C=O) groups excluding carboxylic acids is 1. The largest absolute Gasteiger partial charge is 0.379 e. The zero-order chi connectivity index (χ0) is 13.9. The molecule has 2 unspecified atom stereocenters. The summed E-state index contributed by atoms with van der Waals surface area (Å²) < 4.78 is 5.48. The summed E-state index contributed by atoms with van der Waals surface area (Å²) in [6.07, 6.45) is 3.51. The van der Waals surface area contributed by atoms with E-state index in [9.17, 15) is 4.79 Å². The van der Waals surface area contributed by atoms with Crippen LogP contribution in [0.1, 0.15) is 17.3 Å². The first-order valence-corrected chi connectivity index (χ1v) is 6.99. The predicted octanol–water partition coefficient (Wildman–Crippen LogP) is 2.04. The number of aromatic nitrogens is 1. The number of hydrogen-bond donors (Lipinski definition) is 1. The Morgan fingerprint density at radius 1 is 1.40 bits per heavy atom. The SMILES string of the molecule is CCNC1COCC1C(=O)c1cccc2ccncc12. The summed E-state index contributed by atoms with van der Waals surface area (Å²) in [6.45, 7) is 3.98. The van der Waals surface area contributed by atoms with Crippen LogP contribution >= 0.6 is 0 Å². The van der Waals surface area contributed by atoms with Gasteiger partial charge in [-0.05, 0) is 18.0 Å². The first-order chi connectivity index (χ1) is 9.81. The van der Waals surface area contributed by atoms with Gasteiger partial charge < -0.3 is 10.1 Å². The van der Waals surface area contributed by atoms with E-state index in [0.717, 1.165) is 22.9 Å². The molecule has 1 fully saturated rings. The maximum Gasteiger partial charge on any atom is 0.170 e. The second kappa shape index (κ2) is 5.69. The maximum atomic E-state index is 12.8. The van der Waals surface area contributed by atoms with E-state index in [1.165, 1.54) is 0 Å². The van der Waals surface area contributed by atoms with Crippen molar-refractivity contribution in [1.82, 2.24) is 10.3 Å². The van der Waals surface area contributed by atoms with Crippen molar-refractivity contribution in [3.05, 3.63) is 42.2 Å². The highest BCUT2D eigenvalue weighted by atomic mass is 16.5. The Hall–Kier alpha value is -1.78. The Kier molecular flexibility index (Phi) is 3.76. The molecule has 1 aromatic heterocycles. The van der Waals surface area contributed by atoms with Gasteiger partial charge in [0.1, 0.15) is 0 Å². The van der Waals surface area contributed by atoms with Crippen molar-refractivity contribution in [2.24, 2.45) is 5.92 Å². The number of pyridine rings is 1. The van der Waals surface area contributed by atoms with Crippen molar-refractivity contribution in [3.8, 4) is 0 Å². The third-order valence-corrected chi connectivity index (χ3v) is 3.83. The number of ether oxygens (including phenoxy) is 1. The summed E-state index contributed by atoms with van der Waals surface area (Å²) in [6, 6.07) is 7.85. The topological polar surface area (TPSA) is 51.2 Å². The van der Waals surface area contributed by atoms with Crippen molar-refractivity contribution < 1.29 is 9.53 Å². The normalized spacial score (nSPS) is 22.2. The molecule has 0 radical (unpaired) electrons. The quantitative estimate of drug-likeness (QED) is 0.864. The number of nitrogens with zero attached hydrogens (tertiary/aromatic N) is 1. The molecule has 0 saturated carbocycles. The fourth-order valence-electron chi connectivity index (χ4n) is 2.80. The van der Waals surface area contributed by atoms with Gasteiger partial charge in [0, 0.05) is 29.4 Å². The third-order valence-electron chi connectivity index (χ3n) is 3.83. The molecule has 104 valence electrons. The lowest BCUT2D eigenvalue weighted by Gasteiger charge is -2.17. The lowest BCUT2D eigenvalue weighted by atomic mass is 9.91. The second-order valence-corrected chi connectivity index (χ2v) is 5.07. The van der Waals surface area contributed by atoms with Crippen LogP contribution in [0.3, 0.4) is 0 Å². The Morgan fingerprint density at radius 3 is 3.15 bits per heavy atom. The zero-order valence-corrected chi connectivity index (χ0v) is 11.5. The molecule has 0 amide bonds. The highest BCUT2D eigenvalue weighted by Gasteiger charge is 2.34.